The molecule has 0 bridgehead atoms. The van der Waals surface area contributed by atoms with Gasteiger partial charge in [0.2, 0.25) is 5.91 Å². The van der Waals surface area contributed by atoms with E-state index in [-0.39, 0.29) is 11.9 Å². The zero-order chi connectivity index (χ0) is 15.9. The molecule has 0 aliphatic carbocycles. The summed E-state index contributed by atoms with van der Waals surface area (Å²) < 4.78 is 10.6. The molecule has 0 aromatic heterocycles. The van der Waals surface area contributed by atoms with E-state index in [1.165, 1.54) is 5.56 Å². The maximum Gasteiger partial charge on any atom is 0.237 e. The molecule has 1 unspecified atom stereocenters. The number of carbonyl (C=O) groups excluding carboxylic acids is 1. The quantitative estimate of drug-likeness (QED) is 0.873. The normalized spacial score (nSPS) is 19.0. The lowest BCUT2D eigenvalue weighted by Gasteiger charge is -2.34. The zero-order valence-electron chi connectivity index (χ0n) is 13.7. The Morgan fingerprint density at radius 3 is 2.86 bits per heavy atom. The average Bonchev–Trinajstić information content (AvgIpc) is 2.55. The number of nitrogens with one attached hydrogen (secondary N) is 1. The fourth-order valence-corrected chi connectivity index (χ4v) is 3.08. The molecule has 1 saturated heterocycles. The molecule has 1 fully saturated rings. The Balaban J connectivity index is 2.14. The van der Waals surface area contributed by atoms with E-state index in [2.05, 4.69) is 22.3 Å². The highest BCUT2D eigenvalue weighted by atomic mass is 16.5. The highest BCUT2D eigenvalue weighted by Crippen LogP contribution is 2.24. The van der Waals surface area contributed by atoms with E-state index in [1.54, 1.807) is 21.3 Å². The molecule has 1 aliphatic rings. The minimum Gasteiger partial charge on any atom is -0.496 e. The zero-order valence-corrected chi connectivity index (χ0v) is 13.7. The second-order valence-electron chi connectivity index (χ2n) is 5.68. The van der Waals surface area contributed by atoms with Crippen molar-refractivity contribution in [1.29, 1.82) is 0 Å². The molecule has 0 radical (unpaired) electrons. The van der Waals surface area contributed by atoms with Gasteiger partial charge < -0.3 is 14.8 Å². The molecular weight excluding hydrogens is 280 g/mol. The first kappa shape index (κ1) is 16.8. The molecule has 122 valence electrons. The number of rotatable bonds is 6. The van der Waals surface area contributed by atoms with Crippen LogP contribution in [0.2, 0.25) is 0 Å². The van der Waals surface area contributed by atoms with Crippen molar-refractivity contribution in [3.05, 3.63) is 29.3 Å². The molecule has 5 nitrogen and oxygen atoms in total. The van der Waals surface area contributed by atoms with Crippen molar-refractivity contribution >= 4 is 5.91 Å². The lowest BCUT2D eigenvalue weighted by molar-refractivity contribution is -0.127. The van der Waals surface area contributed by atoms with Crippen LogP contribution in [0, 0.1) is 0 Å². The van der Waals surface area contributed by atoms with E-state index in [4.69, 9.17) is 9.47 Å². The maximum absolute atomic E-state index is 12.0. The Labute approximate surface area is 132 Å². The van der Waals surface area contributed by atoms with Crippen molar-refractivity contribution in [1.82, 2.24) is 10.2 Å². The van der Waals surface area contributed by atoms with Crippen molar-refractivity contribution in [3.63, 3.8) is 0 Å². The lowest BCUT2D eigenvalue weighted by Crippen LogP contribution is -2.48. The molecule has 0 spiro atoms. The van der Waals surface area contributed by atoms with Gasteiger partial charge in [0.1, 0.15) is 5.75 Å². The predicted molar refractivity (Wildman–Crippen MR) is 85.8 cm³/mol. The highest BCUT2D eigenvalue weighted by molar-refractivity contribution is 5.81. The summed E-state index contributed by atoms with van der Waals surface area (Å²) in [5.41, 5.74) is 2.22. The monoisotopic (exact) mass is 306 g/mol. The Morgan fingerprint density at radius 1 is 1.36 bits per heavy atom. The van der Waals surface area contributed by atoms with Gasteiger partial charge in [-0.2, -0.15) is 0 Å². The fourth-order valence-electron chi connectivity index (χ4n) is 3.08. The number of nitrogens with zero attached hydrogens (tertiary/aromatic N) is 1. The minimum atomic E-state index is -0.0215. The molecule has 1 aromatic rings. The maximum atomic E-state index is 12.0. The standard InChI is InChI=1S/C17H26N2O3/c1-18-17(20)15-6-4-5-9-19(15)11-13-7-8-16(22-3)14(10-13)12-21-2/h7-8,10,15H,4-6,9,11-12H2,1-3H3,(H,18,20). The first-order chi connectivity index (χ1) is 10.7. The van der Waals surface area contributed by atoms with E-state index in [0.717, 1.165) is 43.7 Å². The molecule has 0 saturated carbocycles. The highest BCUT2D eigenvalue weighted by Gasteiger charge is 2.27. The molecule has 1 amide bonds. The van der Waals surface area contributed by atoms with Gasteiger partial charge in [0.25, 0.3) is 0 Å². The second kappa shape index (κ2) is 8.15. The molecule has 1 aromatic carbocycles. The van der Waals surface area contributed by atoms with Gasteiger partial charge in [0.05, 0.1) is 19.8 Å². The number of hydrogen-bond donors (Lipinski definition) is 1. The summed E-state index contributed by atoms with van der Waals surface area (Å²) >= 11 is 0. The smallest absolute Gasteiger partial charge is 0.237 e. The number of benzene rings is 1. The summed E-state index contributed by atoms with van der Waals surface area (Å²) in [4.78, 5) is 14.3. The van der Waals surface area contributed by atoms with E-state index in [0.29, 0.717) is 6.61 Å². The number of likely N-dealkylation sites (tertiary alicyclic amines) is 1. The number of amides is 1. The molecule has 1 N–H and O–H groups in total. The van der Waals surface area contributed by atoms with Crippen LogP contribution in [0.25, 0.3) is 0 Å². The van der Waals surface area contributed by atoms with Gasteiger partial charge in [-0.15, -0.1) is 0 Å². The molecule has 1 atom stereocenters. The Kier molecular flexibility index (Phi) is 6.21. The molecule has 1 heterocycles. The predicted octanol–water partition coefficient (Wildman–Crippen LogP) is 1.94. The van der Waals surface area contributed by atoms with Crippen molar-refractivity contribution in [2.75, 3.05) is 27.8 Å². The van der Waals surface area contributed by atoms with Gasteiger partial charge in [0.15, 0.2) is 0 Å². The number of likely N-dealkylation sites (N-methyl/N-ethyl adjacent to an activating group) is 1. The van der Waals surface area contributed by atoms with Crippen molar-refractivity contribution in [3.8, 4) is 5.75 Å². The van der Waals surface area contributed by atoms with E-state index in [9.17, 15) is 4.79 Å². The average molecular weight is 306 g/mol. The van der Waals surface area contributed by atoms with Crippen molar-refractivity contribution in [2.45, 2.75) is 38.5 Å². The summed E-state index contributed by atoms with van der Waals surface area (Å²) in [6.07, 6.45) is 3.20. The van der Waals surface area contributed by atoms with E-state index < -0.39 is 0 Å². The third kappa shape index (κ3) is 3.99. The minimum absolute atomic E-state index is 0.0215. The topological polar surface area (TPSA) is 50.8 Å². The fraction of sp³-hybridized carbons (Fsp3) is 0.588. The van der Waals surface area contributed by atoms with Crippen LogP contribution < -0.4 is 10.1 Å². The molecule has 22 heavy (non-hydrogen) atoms. The third-order valence-electron chi connectivity index (χ3n) is 4.19. The number of methoxy groups -OCH3 is 2. The Hall–Kier alpha value is -1.59. The number of hydrogen-bond acceptors (Lipinski definition) is 4. The van der Waals surface area contributed by atoms with Crippen LogP contribution in [0.15, 0.2) is 18.2 Å². The number of ether oxygens (including phenoxy) is 2. The van der Waals surface area contributed by atoms with E-state index >= 15 is 0 Å². The molecule has 1 aliphatic heterocycles. The van der Waals surface area contributed by atoms with Crippen molar-refractivity contribution in [2.24, 2.45) is 0 Å². The third-order valence-corrected chi connectivity index (χ3v) is 4.19. The number of carbonyl (C=O) groups is 1. The largest absolute Gasteiger partial charge is 0.496 e. The summed E-state index contributed by atoms with van der Waals surface area (Å²) in [6, 6.07) is 6.13. The van der Waals surface area contributed by atoms with Gasteiger partial charge in [-0.1, -0.05) is 12.5 Å². The van der Waals surface area contributed by atoms with E-state index in [1.807, 2.05) is 6.07 Å². The van der Waals surface area contributed by atoms with Crippen molar-refractivity contribution < 1.29 is 14.3 Å². The SMILES string of the molecule is CNC(=O)C1CCCCN1Cc1ccc(OC)c(COC)c1. The summed E-state index contributed by atoms with van der Waals surface area (Å²) in [6.45, 7) is 2.26. The molecule has 2 rings (SSSR count). The first-order valence-electron chi connectivity index (χ1n) is 7.80. The second-order valence-corrected chi connectivity index (χ2v) is 5.68. The number of piperidine rings is 1. The molecule has 5 heteroatoms. The van der Waals surface area contributed by atoms with Crippen LogP contribution in [0.5, 0.6) is 5.75 Å². The van der Waals surface area contributed by atoms with Gasteiger partial charge in [-0.3, -0.25) is 9.69 Å². The lowest BCUT2D eigenvalue weighted by atomic mass is 10.00. The summed E-state index contributed by atoms with van der Waals surface area (Å²) in [5, 5.41) is 2.78. The van der Waals surface area contributed by atoms with Gasteiger partial charge in [0, 0.05) is 26.3 Å². The van der Waals surface area contributed by atoms with Crippen LogP contribution in [-0.2, 0) is 22.7 Å². The van der Waals surface area contributed by atoms with Gasteiger partial charge in [-0.25, -0.2) is 0 Å². The van der Waals surface area contributed by atoms with Crippen LogP contribution in [-0.4, -0.2) is 44.7 Å². The van der Waals surface area contributed by atoms with Crippen LogP contribution in [0.1, 0.15) is 30.4 Å². The Morgan fingerprint density at radius 2 is 2.18 bits per heavy atom. The summed E-state index contributed by atoms with van der Waals surface area (Å²) in [5.74, 6) is 0.956. The first-order valence-corrected chi connectivity index (χ1v) is 7.80. The van der Waals surface area contributed by atoms with Crippen LogP contribution in [0.3, 0.4) is 0 Å². The summed E-state index contributed by atoms with van der Waals surface area (Å²) in [7, 11) is 5.05. The van der Waals surface area contributed by atoms with Gasteiger partial charge in [-0.05, 0) is 37.1 Å². The van der Waals surface area contributed by atoms with Crippen LogP contribution in [0.4, 0.5) is 0 Å². The van der Waals surface area contributed by atoms with Gasteiger partial charge >= 0.3 is 0 Å². The molecular formula is C17H26N2O3. The van der Waals surface area contributed by atoms with Crippen LogP contribution >= 0.6 is 0 Å². The Bertz CT molecular complexity index is 505.